The van der Waals surface area contributed by atoms with Crippen molar-refractivity contribution in [2.24, 2.45) is 11.3 Å². The Bertz CT molecular complexity index is 582. The Labute approximate surface area is 124 Å². The van der Waals surface area contributed by atoms with E-state index in [4.69, 9.17) is 0 Å². The number of carboxylic acids is 1. The molecule has 1 aliphatic rings. The predicted molar refractivity (Wildman–Crippen MR) is 78.3 cm³/mol. The summed E-state index contributed by atoms with van der Waals surface area (Å²) in [6.07, 6.45) is 0.443. The average Bonchev–Trinajstić information content (AvgIpc) is 2.84. The van der Waals surface area contributed by atoms with E-state index < -0.39 is 11.4 Å². The van der Waals surface area contributed by atoms with Gasteiger partial charge < -0.3 is 15.1 Å². The number of phenolic OH excluding ortho intramolecular Hbond substituents is 1. The fourth-order valence-electron chi connectivity index (χ4n) is 2.89. The molecule has 1 atom stereocenters. The molecule has 114 valence electrons. The Morgan fingerprint density at radius 1 is 1.33 bits per heavy atom. The van der Waals surface area contributed by atoms with Crippen molar-refractivity contribution in [2.45, 2.75) is 27.2 Å². The van der Waals surface area contributed by atoms with Crippen LogP contribution < -0.4 is 0 Å². The van der Waals surface area contributed by atoms with Crippen LogP contribution >= 0.6 is 0 Å². The SMILES string of the molecule is Cc1ccc(C(=O)N2CCC(C(=O)O)(C(C)C)C2)c(O)c1. The second-order valence-electron chi connectivity index (χ2n) is 6.11. The van der Waals surface area contributed by atoms with Gasteiger partial charge in [-0.1, -0.05) is 19.9 Å². The van der Waals surface area contributed by atoms with E-state index in [2.05, 4.69) is 0 Å². The second-order valence-corrected chi connectivity index (χ2v) is 6.11. The molecule has 2 rings (SSSR count). The van der Waals surface area contributed by atoms with Crippen LogP contribution in [0.4, 0.5) is 0 Å². The van der Waals surface area contributed by atoms with E-state index in [1.165, 1.54) is 11.0 Å². The lowest BCUT2D eigenvalue weighted by Gasteiger charge is -2.28. The monoisotopic (exact) mass is 291 g/mol. The molecule has 1 heterocycles. The van der Waals surface area contributed by atoms with Crippen LogP contribution in [0, 0.1) is 18.3 Å². The van der Waals surface area contributed by atoms with Crippen molar-refractivity contribution in [1.29, 1.82) is 0 Å². The van der Waals surface area contributed by atoms with Crippen LogP contribution in [0.25, 0.3) is 0 Å². The smallest absolute Gasteiger partial charge is 0.311 e. The molecule has 0 aliphatic carbocycles. The van der Waals surface area contributed by atoms with Gasteiger partial charge in [-0.05, 0) is 37.0 Å². The molecule has 0 spiro atoms. The number of hydrogen-bond donors (Lipinski definition) is 2. The van der Waals surface area contributed by atoms with Crippen molar-refractivity contribution in [3.05, 3.63) is 29.3 Å². The van der Waals surface area contributed by atoms with Crippen LogP contribution in [0.15, 0.2) is 18.2 Å². The first-order chi connectivity index (χ1) is 9.78. The highest BCUT2D eigenvalue weighted by molar-refractivity contribution is 5.97. The largest absolute Gasteiger partial charge is 0.507 e. The van der Waals surface area contributed by atoms with Gasteiger partial charge in [0.25, 0.3) is 5.91 Å². The number of aliphatic carboxylic acids is 1. The molecular weight excluding hydrogens is 270 g/mol. The molecule has 1 fully saturated rings. The van der Waals surface area contributed by atoms with Crippen LogP contribution in [0.2, 0.25) is 0 Å². The maximum Gasteiger partial charge on any atom is 0.311 e. The van der Waals surface area contributed by atoms with E-state index >= 15 is 0 Å². The van der Waals surface area contributed by atoms with E-state index in [0.717, 1.165) is 5.56 Å². The number of rotatable bonds is 3. The predicted octanol–water partition coefficient (Wildman–Crippen LogP) is 2.27. The molecule has 1 aliphatic heterocycles. The molecule has 5 nitrogen and oxygen atoms in total. The van der Waals surface area contributed by atoms with E-state index in [-0.39, 0.29) is 29.7 Å². The number of aromatic hydroxyl groups is 1. The summed E-state index contributed by atoms with van der Waals surface area (Å²) in [6, 6.07) is 4.88. The minimum Gasteiger partial charge on any atom is -0.507 e. The molecule has 5 heteroatoms. The van der Waals surface area contributed by atoms with Crippen molar-refractivity contribution >= 4 is 11.9 Å². The fraction of sp³-hybridized carbons (Fsp3) is 0.500. The van der Waals surface area contributed by atoms with Crippen LogP contribution in [0.3, 0.4) is 0 Å². The summed E-state index contributed by atoms with van der Waals surface area (Å²) in [7, 11) is 0. The van der Waals surface area contributed by atoms with Crippen LogP contribution in [-0.4, -0.2) is 40.1 Å². The lowest BCUT2D eigenvalue weighted by Crippen LogP contribution is -2.40. The zero-order chi connectivity index (χ0) is 15.8. The van der Waals surface area contributed by atoms with Gasteiger partial charge in [0.1, 0.15) is 5.75 Å². The van der Waals surface area contributed by atoms with Gasteiger partial charge in [0.05, 0.1) is 11.0 Å². The minimum atomic E-state index is -0.893. The van der Waals surface area contributed by atoms with Gasteiger partial charge in [-0.25, -0.2) is 0 Å². The molecule has 0 bridgehead atoms. The standard InChI is InChI=1S/C16H21NO4/c1-10(2)16(15(20)21)6-7-17(9-16)14(19)12-5-4-11(3)8-13(12)18/h4-5,8,10,18H,6-7,9H2,1-3H3,(H,20,21). The summed E-state index contributed by atoms with van der Waals surface area (Å²) >= 11 is 0. The third-order valence-electron chi connectivity index (χ3n) is 4.50. The van der Waals surface area contributed by atoms with Gasteiger partial charge in [0, 0.05) is 13.1 Å². The van der Waals surface area contributed by atoms with Gasteiger partial charge in [-0.2, -0.15) is 0 Å². The fourth-order valence-corrected chi connectivity index (χ4v) is 2.89. The Balaban J connectivity index is 2.25. The molecule has 1 aromatic rings. The molecular formula is C16H21NO4. The third-order valence-corrected chi connectivity index (χ3v) is 4.50. The maximum absolute atomic E-state index is 12.5. The van der Waals surface area contributed by atoms with Gasteiger partial charge in [0.2, 0.25) is 0 Å². The van der Waals surface area contributed by atoms with Crippen LogP contribution in [0.1, 0.15) is 36.2 Å². The molecule has 1 saturated heterocycles. The van der Waals surface area contributed by atoms with Crippen molar-refractivity contribution in [1.82, 2.24) is 4.90 Å². The lowest BCUT2D eigenvalue weighted by atomic mass is 9.76. The van der Waals surface area contributed by atoms with Crippen molar-refractivity contribution in [3.8, 4) is 5.75 Å². The highest BCUT2D eigenvalue weighted by Crippen LogP contribution is 2.39. The number of phenols is 1. The number of aryl methyl sites for hydroxylation is 1. The molecule has 2 N–H and O–H groups in total. The average molecular weight is 291 g/mol. The molecule has 0 radical (unpaired) electrons. The summed E-state index contributed by atoms with van der Waals surface area (Å²) in [5.41, 5.74) is 0.203. The van der Waals surface area contributed by atoms with E-state index in [0.29, 0.717) is 13.0 Å². The number of hydrogen-bond acceptors (Lipinski definition) is 3. The first-order valence-corrected chi connectivity index (χ1v) is 7.10. The highest BCUT2D eigenvalue weighted by atomic mass is 16.4. The topological polar surface area (TPSA) is 77.8 Å². The molecule has 1 aromatic carbocycles. The van der Waals surface area contributed by atoms with Gasteiger partial charge in [-0.15, -0.1) is 0 Å². The Morgan fingerprint density at radius 2 is 2.00 bits per heavy atom. The molecule has 0 saturated carbocycles. The number of benzene rings is 1. The van der Waals surface area contributed by atoms with Crippen molar-refractivity contribution in [2.75, 3.05) is 13.1 Å². The number of carbonyl (C=O) groups is 2. The van der Waals surface area contributed by atoms with E-state index in [1.807, 2.05) is 20.8 Å². The number of amides is 1. The number of carboxylic acid groups (broad SMARTS) is 1. The normalized spacial score (nSPS) is 21.8. The number of likely N-dealkylation sites (tertiary alicyclic amines) is 1. The number of nitrogens with zero attached hydrogens (tertiary/aromatic N) is 1. The maximum atomic E-state index is 12.5. The highest BCUT2D eigenvalue weighted by Gasteiger charge is 2.48. The van der Waals surface area contributed by atoms with Crippen molar-refractivity contribution in [3.63, 3.8) is 0 Å². The Hall–Kier alpha value is -2.04. The summed E-state index contributed by atoms with van der Waals surface area (Å²) in [5, 5.41) is 19.4. The van der Waals surface area contributed by atoms with Crippen LogP contribution in [0.5, 0.6) is 5.75 Å². The van der Waals surface area contributed by atoms with Crippen molar-refractivity contribution < 1.29 is 19.8 Å². The van der Waals surface area contributed by atoms with Gasteiger partial charge >= 0.3 is 5.97 Å². The van der Waals surface area contributed by atoms with Crippen LogP contribution in [-0.2, 0) is 4.79 Å². The van der Waals surface area contributed by atoms with Gasteiger partial charge in [0.15, 0.2) is 0 Å². The lowest BCUT2D eigenvalue weighted by molar-refractivity contribution is -0.150. The third kappa shape index (κ3) is 2.60. The second kappa shape index (κ2) is 5.39. The Morgan fingerprint density at radius 3 is 2.48 bits per heavy atom. The number of carbonyl (C=O) groups excluding carboxylic acids is 1. The van der Waals surface area contributed by atoms with Gasteiger partial charge in [-0.3, -0.25) is 9.59 Å². The first kappa shape index (κ1) is 15.4. The zero-order valence-corrected chi connectivity index (χ0v) is 12.6. The summed E-state index contributed by atoms with van der Waals surface area (Å²) in [4.78, 5) is 25.6. The summed E-state index contributed by atoms with van der Waals surface area (Å²) in [5.74, 6) is -1.28. The molecule has 1 unspecified atom stereocenters. The minimum absolute atomic E-state index is 0.0561. The molecule has 0 aromatic heterocycles. The molecule has 1 amide bonds. The first-order valence-electron chi connectivity index (χ1n) is 7.10. The van der Waals surface area contributed by atoms with E-state index in [9.17, 15) is 19.8 Å². The zero-order valence-electron chi connectivity index (χ0n) is 12.6. The van der Waals surface area contributed by atoms with E-state index in [1.54, 1.807) is 12.1 Å². The Kier molecular flexibility index (Phi) is 3.94. The quantitative estimate of drug-likeness (QED) is 0.895. The summed E-state index contributed by atoms with van der Waals surface area (Å²) in [6.45, 7) is 6.15. The molecule has 21 heavy (non-hydrogen) atoms. The summed E-state index contributed by atoms with van der Waals surface area (Å²) < 4.78 is 0.